The van der Waals surface area contributed by atoms with Gasteiger partial charge >= 0.3 is 0 Å². The number of fused-ring (bicyclic) bond motifs is 1. The van der Waals surface area contributed by atoms with Gasteiger partial charge in [0.2, 0.25) is 11.8 Å². The second kappa shape index (κ2) is 8.77. The molecule has 2 saturated heterocycles. The molecule has 3 heterocycles. The number of rotatable bonds is 5. The van der Waals surface area contributed by atoms with Crippen molar-refractivity contribution in [2.75, 3.05) is 33.4 Å². The maximum absolute atomic E-state index is 12.6. The van der Waals surface area contributed by atoms with Crippen molar-refractivity contribution in [3.05, 3.63) is 22.2 Å². The lowest BCUT2D eigenvalue weighted by Crippen LogP contribution is -2.53. The fraction of sp³-hybridized carbons (Fsp3) is 0.632. The van der Waals surface area contributed by atoms with Crippen molar-refractivity contribution in [1.82, 2.24) is 14.8 Å². The van der Waals surface area contributed by atoms with E-state index in [0.717, 1.165) is 36.5 Å². The van der Waals surface area contributed by atoms with Gasteiger partial charge in [0.1, 0.15) is 0 Å². The summed E-state index contributed by atoms with van der Waals surface area (Å²) >= 11 is 1.58. The number of hydrogen-bond acceptors (Lipinski definition) is 5. The maximum atomic E-state index is 12.6. The number of amides is 2. The van der Waals surface area contributed by atoms with Crippen molar-refractivity contribution < 1.29 is 14.3 Å². The van der Waals surface area contributed by atoms with Crippen molar-refractivity contribution in [2.45, 2.75) is 38.6 Å². The fourth-order valence-electron chi connectivity index (χ4n) is 3.96. The number of piperidine rings is 1. The molecule has 2 aliphatic rings. The Morgan fingerprint density at radius 1 is 1.46 bits per heavy atom. The third-order valence-electron chi connectivity index (χ3n) is 5.26. The SMILES string of the molecule is COCCN1C(=O)CCC[C@H]2CN(C(=O)/C=C/c3csc(C)n3)CC[C@H]21. The Kier molecular flexibility index (Phi) is 6.43. The Morgan fingerprint density at radius 2 is 2.31 bits per heavy atom. The summed E-state index contributed by atoms with van der Waals surface area (Å²) in [5.74, 6) is 0.618. The molecule has 0 spiro atoms. The van der Waals surface area contributed by atoms with Crippen LogP contribution in [0.1, 0.15) is 36.4 Å². The number of methoxy groups -OCH3 is 1. The highest BCUT2D eigenvalue weighted by Crippen LogP contribution is 2.30. The Balaban J connectivity index is 1.63. The van der Waals surface area contributed by atoms with Gasteiger partial charge in [0.05, 0.1) is 17.3 Å². The van der Waals surface area contributed by atoms with E-state index in [9.17, 15) is 9.59 Å². The zero-order chi connectivity index (χ0) is 18.5. The molecule has 0 N–H and O–H groups in total. The molecule has 0 aromatic carbocycles. The van der Waals surface area contributed by atoms with Gasteiger partial charge in [0, 0.05) is 50.7 Å². The summed E-state index contributed by atoms with van der Waals surface area (Å²) < 4.78 is 5.18. The van der Waals surface area contributed by atoms with Crippen molar-refractivity contribution in [3.63, 3.8) is 0 Å². The van der Waals surface area contributed by atoms with Gasteiger partial charge < -0.3 is 14.5 Å². The van der Waals surface area contributed by atoms with Crippen LogP contribution in [-0.4, -0.2) is 66.0 Å². The van der Waals surface area contributed by atoms with Gasteiger partial charge in [0.15, 0.2) is 0 Å². The van der Waals surface area contributed by atoms with E-state index in [2.05, 4.69) is 4.98 Å². The molecular formula is C19H27N3O3S. The number of carbonyl (C=O) groups excluding carboxylic acids is 2. The molecule has 2 atom stereocenters. The Bertz CT molecular complexity index is 673. The molecule has 0 saturated carbocycles. The van der Waals surface area contributed by atoms with Crippen LogP contribution in [0.25, 0.3) is 6.08 Å². The predicted octanol–water partition coefficient (Wildman–Crippen LogP) is 2.34. The molecule has 7 heteroatoms. The van der Waals surface area contributed by atoms with E-state index in [1.165, 1.54) is 0 Å². The molecule has 0 radical (unpaired) electrons. The number of ether oxygens (including phenoxy) is 1. The summed E-state index contributed by atoms with van der Waals surface area (Å²) in [5, 5.41) is 2.95. The number of thiazole rings is 1. The minimum atomic E-state index is 0.0353. The fourth-order valence-corrected chi connectivity index (χ4v) is 4.54. The number of likely N-dealkylation sites (tertiary alicyclic amines) is 2. The third-order valence-corrected chi connectivity index (χ3v) is 6.05. The maximum Gasteiger partial charge on any atom is 0.246 e. The Hall–Kier alpha value is -1.73. The van der Waals surface area contributed by atoms with Crippen LogP contribution in [0.3, 0.4) is 0 Å². The summed E-state index contributed by atoms with van der Waals surface area (Å²) in [6.07, 6.45) is 6.76. The quantitative estimate of drug-likeness (QED) is 0.739. The zero-order valence-electron chi connectivity index (χ0n) is 15.5. The molecule has 2 fully saturated rings. The Labute approximate surface area is 158 Å². The highest BCUT2D eigenvalue weighted by Gasteiger charge is 2.38. The van der Waals surface area contributed by atoms with Crippen LogP contribution in [0.2, 0.25) is 0 Å². The molecule has 6 nitrogen and oxygen atoms in total. The average Bonchev–Trinajstić information content (AvgIpc) is 2.98. The summed E-state index contributed by atoms with van der Waals surface area (Å²) in [6.45, 7) is 4.58. The van der Waals surface area contributed by atoms with Gasteiger partial charge in [-0.15, -0.1) is 11.3 Å². The molecule has 26 heavy (non-hydrogen) atoms. The summed E-state index contributed by atoms with van der Waals surface area (Å²) in [5.41, 5.74) is 0.835. The smallest absolute Gasteiger partial charge is 0.246 e. The van der Waals surface area contributed by atoms with Crippen molar-refractivity contribution in [2.24, 2.45) is 5.92 Å². The van der Waals surface area contributed by atoms with Gasteiger partial charge in [-0.3, -0.25) is 9.59 Å². The lowest BCUT2D eigenvalue weighted by molar-refractivity contribution is -0.136. The number of aromatic nitrogens is 1. The average molecular weight is 378 g/mol. The molecule has 3 rings (SSSR count). The van der Waals surface area contributed by atoms with E-state index in [1.54, 1.807) is 30.6 Å². The predicted molar refractivity (Wildman–Crippen MR) is 102 cm³/mol. The van der Waals surface area contributed by atoms with E-state index >= 15 is 0 Å². The highest BCUT2D eigenvalue weighted by molar-refractivity contribution is 7.09. The molecule has 1 aromatic heterocycles. The zero-order valence-corrected chi connectivity index (χ0v) is 16.3. The minimum absolute atomic E-state index is 0.0353. The molecule has 2 amide bonds. The van der Waals surface area contributed by atoms with E-state index in [-0.39, 0.29) is 17.9 Å². The van der Waals surface area contributed by atoms with Crippen LogP contribution in [0.15, 0.2) is 11.5 Å². The van der Waals surface area contributed by atoms with Crippen LogP contribution in [0, 0.1) is 12.8 Å². The second-order valence-corrected chi connectivity index (χ2v) is 8.06. The van der Waals surface area contributed by atoms with Crippen LogP contribution in [-0.2, 0) is 14.3 Å². The van der Waals surface area contributed by atoms with Crippen LogP contribution in [0.4, 0.5) is 0 Å². The first-order chi connectivity index (χ1) is 12.6. The van der Waals surface area contributed by atoms with Crippen molar-refractivity contribution in [1.29, 1.82) is 0 Å². The highest BCUT2D eigenvalue weighted by atomic mass is 32.1. The van der Waals surface area contributed by atoms with Crippen LogP contribution in [0.5, 0.6) is 0 Å². The lowest BCUT2D eigenvalue weighted by Gasteiger charge is -2.42. The number of hydrogen-bond donors (Lipinski definition) is 0. The molecule has 0 unspecified atom stereocenters. The molecule has 0 bridgehead atoms. The van der Waals surface area contributed by atoms with Gasteiger partial charge in [-0.2, -0.15) is 0 Å². The summed E-state index contributed by atoms with van der Waals surface area (Å²) in [6, 6.07) is 0.231. The standard InChI is InChI=1S/C19H27N3O3S/c1-14-20-16(13-26-14)6-7-18(23)21-9-8-17-15(12-21)4-3-5-19(24)22(17)10-11-25-2/h6-7,13,15,17H,3-5,8-12H2,1-2H3/b7-6+/t15-,17+/m0/s1. The van der Waals surface area contributed by atoms with E-state index in [0.29, 0.717) is 32.0 Å². The largest absolute Gasteiger partial charge is 0.383 e. The first-order valence-electron chi connectivity index (χ1n) is 9.26. The minimum Gasteiger partial charge on any atom is -0.383 e. The van der Waals surface area contributed by atoms with E-state index < -0.39 is 0 Å². The number of aryl methyl sites for hydroxylation is 1. The first kappa shape index (κ1) is 19.0. The molecule has 1 aromatic rings. The van der Waals surface area contributed by atoms with Gasteiger partial charge in [0.25, 0.3) is 0 Å². The number of nitrogens with zero attached hydrogens (tertiary/aromatic N) is 3. The second-order valence-electron chi connectivity index (χ2n) is 7.00. The van der Waals surface area contributed by atoms with Crippen molar-refractivity contribution in [3.8, 4) is 0 Å². The lowest BCUT2D eigenvalue weighted by atomic mass is 9.88. The third kappa shape index (κ3) is 4.51. The molecular weight excluding hydrogens is 350 g/mol. The topological polar surface area (TPSA) is 62.7 Å². The van der Waals surface area contributed by atoms with E-state index in [4.69, 9.17) is 4.74 Å². The molecule has 142 valence electrons. The van der Waals surface area contributed by atoms with Gasteiger partial charge in [-0.25, -0.2) is 4.98 Å². The van der Waals surface area contributed by atoms with E-state index in [1.807, 2.05) is 22.1 Å². The number of carbonyl (C=O) groups is 2. The van der Waals surface area contributed by atoms with Crippen LogP contribution < -0.4 is 0 Å². The van der Waals surface area contributed by atoms with Crippen LogP contribution >= 0.6 is 11.3 Å². The Morgan fingerprint density at radius 3 is 3.04 bits per heavy atom. The summed E-state index contributed by atoms with van der Waals surface area (Å²) in [7, 11) is 1.66. The normalized spacial score (nSPS) is 24.0. The monoisotopic (exact) mass is 377 g/mol. The van der Waals surface area contributed by atoms with Crippen molar-refractivity contribution >= 4 is 29.2 Å². The first-order valence-corrected chi connectivity index (χ1v) is 10.1. The van der Waals surface area contributed by atoms with Gasteiger partial charge in [-0.05, 0) is 38.2 Å². The summed E-state index contributed by atoms with van der Waals surface area (Å²) in [4.78, 5) is 33.3. The molecule has 0 aliphatic carbocycles. The molecule has 2 aliphatic heterocycles. The van der Waals surface area contributed by atoms with Gasteiger partial charge in [-0.1, -0.05) is 0 Å².